The van der Waals surface area contributed by atoms with Crippen molar-refractivity contribution >= 4 is 9.84 Å². The molecule has 9 aromatic rings. The van der Waals surface area contributed by atoms with Crippen LogP contribution in [0.25, 0.3) is 67.5 Å². The van der Waals surface area contributed by atoms with Gasteiger partial charge in [-0.2, -0.15) is 0 Å². The predicted molar refractivity (Wildman–Crippen MR) is 230 cm³/mol. The highest BCUT2D eigenvalue weighted by molar-refractivity contribution is 7.92. The highest BCUT2D eigenvalue weighted by atomic mass is 32.2. The Morgan fingerprint density at radius 1 is 0.345 bits per heavy atom. The number of rotatable bonds is 6. The molecule has 2 heterocycles. The van der Waals surface area contributed by atoms with Crippen molar-refractivity contribution in [1.29, 1.82) is 0 Å². The molecule has 0 radical (unpaired) electrons. The van der Waals surface area contributed by atoms with Crippen molar-refractivity contribution in [2.24, 2.45) is 0 Å². The lowest BCUT2D eigenvalue weighted by Crippen LogP contribution is -2.28. The molecule has 58 heavy (non-hydrogen) atoms. The van der Waals surface area contributed by atoms with Gasteiger partial charge in [-0.25, -0.2) is 23.4 Å². The molecule has 1 aromatic heterocycles. The number of aromatic nitrogens is 3. The van der Waals surface area contributed by atoms with Gasteiger partial charge in [0.1, 0.15) is 0 Å². The maximum atomic E-state index is 13.9. The first-order chi connectivity index (χ1) is 28.5. The molecule has 0 N–H and O–H groups in total. The first-order valence-electron chi connectivity index (χ1n) is 19.3. The Kier molecular flexibility index (Phi) is 7.71. The van der Waals surface area contributed by atoms with E-state index in [4.69, 9.17) is 15.0 Å². The molecule has 0 unspecified atom stereocenters. The lowest BCUT2D eigenvalue weighted by Gasteiger charge is -2.33. The zero-order valence-electron chi connectivity index (χ0n) is 31.1. The van der Waals surface area contributed by atoms with Crippen LogP contribution in [0.3, 0.4) is 0 Å². The molecular formula is C52H33N3O2S. The van der Waals surface area contributed by atoms with Gasteiger partial charge >= 0.3 is 0 Å². The van der Waals surface area contributed by atoms with Crippen molar-refractivity contribution in [2.75, 3.05) is 0 Å². The number of hydrogen-bond acceptors (Lipinski definition) is 5. The van der Waals surface area contributed by atoms with Crippen LogP contribution in [0, 0.1) is 0 Å². The van der Waals surface area contributed by atoms with Crippen LogP contribution in [0.2, 0.25) is 0 Å². The minimum absolute atomic E-state index is 0.256. The zero-order chi connectivity index (χ0) is 38.8. The average Bonchev–Trinajstić information content (AvgIpc) is 3.73. The van der Waals surface area contributed by atoms with Crippen LogP contribution in [-0.2, 0) is 15.3 Å². The molecule has 1 aliphatic heterocycles. The Balaban J connectivity index is 1.15. The van der Waals surface area contributed by atoms with E-state index >= 15 is 0 Å². The Morgan fingerprint density at radius 3 is 1.53 bits per heavy atom. The zero-order valence-corrected chi connectivity index (χ0v) is 31.9. The largest absolute Gasteiger partial charge is 0.218 e. The first-order valence-corrected chi connectivity index (χ1v) is 20.8. The van der Waals surface area contributed by atoms with E-state index in [0.29, 0.717) is 39.1 Å². The fourth-order valence-electron chi connectivity index (χ4n) is 9.02. The SMILES string of the molecule is O=S1(=O)c2ccccc2-c2ccc(-c3nc(-c4ccc(-c5ccccc5)cc4)nc(-c4cccc5c4-c4ccccc4C5(c4ccccc4)c4ccccc4)n3)cc21. The summed E-state index contributed by atoms with van der Waals surface area (Å²) in [5, 5.41) is 0. The molecule has 0 bridgehead atoms. The van der Waals surface area contributed by atoms with E-state index in [-0.39, 0.29) is 4.90 Å². The summed E-state index contributed by atoms with van der Waals surface area (Å²) in [6.07, 6.45) is 0. The molecule has 8 aromatic carbocycles. The Bertz CT molecular complexity index is 3130. The van der Waals surface area contributed by atoms with Crippen LogP contribution < -0.4 is 0 Å². The maximum absolute atomic E-state index is 13.9. The summed E-state index contributed by atoms with van der Waals surface area (Å²) in [5.41, 5.74) is 12.1. The van der Waals surface area contributed by atoms with Gasteiger partial charge in [-0.1, -0.05) is 188 Å². The summed E-state index contributed by atoms with van der Waals surface area (Å²) in [7, 11) is -3.73. The molecule has 0 amide bonds. The van der Waals surface area contributed by atoms with Gasteiger partial charge in [0.2, 0.25) is 9.84 Å². The Labute approximate surface area is 337 Å². The molecule has 2 aliphatic rings. The van der Waals surface area contributed by atoms with Crippen molar-refractivity contribution in [3.05, 3.63) is 222 Å². The minimum atomic E-state index is -3.73. The van der Waals surface area contributed by atoms with Crippen LogP contribution in [-0.4, -0.2) is 23.4 Å². The van der Waals surface area contributed by atoms with Gasteiger partial charge in [0.15, 0.2) is 17.5 Å². The summed E-state index contributed by atoms with van der Waals surface area (Å²) in [4.78, 5) is 16.1. The fourth-order valence-corrected chi connectivity index (χ4v) is 10.7. The summed E-state index contributed by atoms with van der Waals surface area (Å²) in [6, 6.07) is 67.6. The number of benzene rings is 8. The highest BCUT2D eigenvalue weighted by Crippen LogP contribution is 2.58. The second-order valence-electron chi connectivity index (χ2n) is 14.7. The Hall–Kier alpha value is -7.28. The number of sulfone groups is 1. The normalized spacial score (nSPS) is 13.9. The van der Waals surface area contributed by atoms with Gasteiger partial charge in [-0.3, -0.25) is 0 Å². The molecule has 1 aliphatic carbocycles. The number of nitrogens with zero attached hydrogens (tertiary/aromatic N) is 3. The van der Waals surface area contributed by atoms with Gasteiger partial charge in [-0.15, -0.1) is 0 Å². The second-order valence-corrected chi connectivity index (χ2v) is 16.6. The van der Waals surface area contributed by atoms with Gasteiger partial charge < -0.3 is 0 Å². The van der Waals surface area contributed by atoms with E-state index in [0.717, 1.165) is 38.9 Å². The van der Waals surface area contributed by atoms with Crippen molar-refractivity contribution in [2.45, 2.75) is 15.2 Å². The van der Waals surface area contributed by atoms with Gasteiger partial charge in [-0.05, 0) is 56.6 Å². The smallest absolute Gasteiger partial charge is 0.207 e. The molecule has 6 heteroatoms. The van der Waals surface area contributed by atoms with Crippen molar-refractivity contribution in [3.8, 4) is 67.5 Å². The fraction of sp³-hybridized carbons (Fsp3) is 0.0192. The standard InChI is InChI=1S/C52H33N3O2S/c56-58(57)46-26-13-11-21-40(46)41-32-31-37(33-47(41)58)50-53-49(36-29-27-35(28-30-36)34-15-4-1-5-16-34)54-51(55-50)43-23-14-25-45-48(43)42-22-10-12-24-44(42)52(45,38-17-6-2-7-18-38)39-19-8-3-9-20-39/h1-33H. The van der Waals surface area contributed by atoms with Gasteiger partial charge in [0, 0.05) is 27.8 Å². The third-order valence-corrected chi connectivity index (χ3v) is 13.5. The van der Waals surface area contributed by atoms with E-state index in [2.05, 4.69) is 127 Å². The van der Waals surface area contributed by atoms with Crippen LogP contribution in [0.1, 0.15) is 22.3 Å². The van der Waals surface area contributed by atoms with Crippen LogP contribution in [0.15, 0.2) is 210 Å². The Morgan fingerprint density at radius 2 is 0.828 bits per heavy atom. The van der Waals surface area contributed by atoms with E-state index in [9.17, 15) is 8.42 Å². The quantitative estimate of drug-likeness (QED) is 0.169. The van der Waals surface area contributed by atoms with E-state index in [1.807, 2.05) is 54.6 Å². The molecule has 274 valence electrons. The van der Waals surface area contributed by atoms with Crippen molar-refractivity contribution in [1.82, 2.24) is 15.0 Å². The summed E-state index contributed by atoms with van der Waals surface area (Å²) < 4.78 is 27.7. The molecule has 0 fully saturated rings. The second kappa shape index (κ2) is 13.2. The molecule has 11 rings (SSSR count). The predicted octanol–water partition coefficient (Wildman–Crippen LogP) is 11.7. The van der Waals surface area contributed by atoms with Crippen molar-refractivity contribution in [3.63, 3.8) is 0 Å². The van der Waals surface area contributed by atoms with Crippen LogP contribution in [0.4, 0.5) is 0 Å². The van der Waals surface area contributed by atoms with Crippen LogP contribution in [0.5, 0.6) is 0 Å². The molecule has 0 saturated heterocycles. The number of hydrogen-bond donors (Lipinski definition) is 0. The number of fused-ring (bicyclic) bond motifs is 6. The molecule has 0 atom stereocenters. The molecule has 0 spiro atoms. The summed E-state index contributed by atoms with van der Waals surface area (Å²) >= 11 is 0. The third kappa shape index (κ3) is 5.08. The monoisotopic (exact) mass is 763 g/mol. The van der Waals surface area contributed by atoms with Crippen molar-refractivity contribution < 1.29 is 8.42 Å². The van der Waals surface area contributed by atoms with Crippen LogP contribution >= 0.6 is 0 Å². The van der Waals surface area contributed by atoms with E-state index < -0.39 is 15.3 Å². The third-order valence-electron chi connectivity index (χ3n) is 11.6. The van der Waals surface area contributed by atoms with E-state index in [1.165, 1.54) is 16.7 Å². The lowest BCUT2D eigenvalue weighted by atomic mass is 9.67. The topological polar surface area (TPSA) is 72.8 Å². The molecule has 0 saturated carbocycles. The summed E-state index contributed by atoms with van der Waals surface area (Å²) in [6.45, 7) is 0. The van der Waals surface area contributed by atoms with Gasteiger partial charge in [0.25, 0.3) is 0 Å². The lowest BCUT2D eigenvalue weighted by molar-refractivity contribution is 0.598. The summed E-state index contributed by atoms with van der Waals surface area (Å²) in [5.74, 6) is 1.39. The maximum Gasteiger partial charge on any atom is 0.207 e. The average molecular weight is 764 g/mol. The van der Waals surface area contributed by atoms with Gasteiger partial charge in [0.05, 0.1) is 15.2 Å². The first kappa shape index (κ1) is 34.0. The minimum Gasteiger partial charge on any atom is -0.218 e. The highest BCUT2D eigenvalue weighted by Gasteiger charge is 2.47. The molecular weight excluding hydrogens is 731 g/mol. The van der Waals surface area contributed by atoms with E-state index in [1.54, 1.807) is 18.2 Å². The molecule has 5 nitrogen and oxygen atoms in total.